The number of methoxy groups -OCH3 is 1. The number of hydrogen-bond acceptors (Lipinski definition) is 7. The molecule has 1 amide bonds. The lowest BCUT2D eigenvalue weighted by molar-refractivity contribution is -0.113. The first-order valence-electron chi connectivity index (χ1n) is 10.7. The molecular formula is C23H26FN5O3S. The van der Waals surface area contributed by atoms with Gasteiger partial charge in [0.1, 0.15) is 11.6 Å². The third kappa shape index (κ3) is 6.23. The average molecular weight is 472 g/mol. The highest BCUT2D eigenvalue weighted by Gasteiger charge is 2.21. The number of aromatic nitrogens is 3. The van der Waals surface area contributed by atoms with Crippen molar-refractivity contribution in [3.63, 3.8) is 0 Å². The number of carbonyl (C=O) groups is 1. The second kappa shape index (κ2) is 11.2. The third-order valence-corrected chi connectivity index (χ3v) is 6.18. The molecule has 1 aliphatic heterocycles. The lowest BCUT2D eigenvalue weighted by atomic mass is 10.2. The van der Waals surface area contributed by atoms with Gasteiger partial charge in [0.05, 0.1) is 37.7 Å². The monoisotopic (exact) mass is 471 g/mol. The molecule has 3 aromatic rings. The number of rotatable bonds is 10. The summed E-state index contributed by atoms with van der Waals surface area (Å²) in [6.07, 6.45) is 2.09. The van der Waals surface area contributed by atoms with E-state index in [1.165, 1.54) is 23.9 Å². The molecule has 4 rings (SSSR count). The van der Waals surface area contributed by atoms with E-state index < -0.39 is 0 Å². The minimum absolute atomic E-state index is 0.0901. The number of para-hydroxylation sites is 2. The highest BCUT2D eigenvalue weighted by atomic mass is 32.2. The van der Waals surface area contributed by atoms with Crippen molar-refractivity contribution in [2.24, 2.45) is 0 Å². The van der Waals surface area contributed by atoms with Gasteiger partial charge in [-0.05, 0) is 49.2 Å². The first-order valence-corrected chi connectivity index (χ1v) is 11.7. The van der Waals surface area contributed by atoms with Crippen LogP contribution in [0.4, 0.5) is 15.8 Å². The smallest absolute Gasteiger partial charge is 0.234 e. The largest absolute Gasteiger partial charge is 0.495 e. The molecule has 0 spiro atoms. The maximum absolute atomic E-state index is 13.2. The lowest BCUT2D eigenvalue weighted by Gasteiger charge is -2.15. The summed E-state index contributed by atoms with van der Waals surface area (Å²) in [7, 11) is 1.56. The number of carbonyl (C=O) groups excluding carboxylic acids is 1. The van der Waals surface area contributed by atoms with E-state index in [4.69, 9.17) is 9.47 Å². The van der Waals surface area contributed by atoms with Crippen LogP contribution in [0.15, 0.2) is 53.7 Å². The van der Waals surface area contributed by atoms with Gasteiger partial charge in [0.15, 0.2) is 11.0 Å². The Morgan fingerprint density at radius 3 is 2.82 bits per heavy atom. The van der Waals surface area contributed by atoms with Crippen LogP contribution in [0.25, 0.3) is 0 Å². The van der Waals surface area contributed by atoms with Crippen molar-refractivity contribution in [1.82, 2.24) is 14.8 Å². The minimum atomic E-state index is -0.285. The van der Waals surface area contributed by atoms with Crippen LogP contribution in [0.3, 0.4) is 0 Å². The van der Waals surface area contributed by atoms with Gasteiger partial charge in [-0.15, -0.1) is 10.2 Å². The van der Waals surface area contributed by atoms with Gasteiger partial charge in [0.25, 0.3) is 0 Å². The molecule has 8 nitrogen and oxygen atoms in total. The van der Waals surface area contributed by atoms with Gasteiger partial charge in [0, 0.05) is 12.3 Å². The second-order valence-corrected chi connectivity index (χ2v) is 8.48. The molecule has 2 N–H and O–H groups in total. The number of halogens is 1. The number of hydrogen-bond donors (Lipinski definition) is 2. The molecule has 0 aliphatic carbocycles. The van der Waals surface area contributed by atoms with Crippen molar-refractivity contribution in [3.8, 4) is 5.75 Å². The van der Waals surface area contributed by atoms with Gasteiger partial charge >= 0.3 is 0 Å². The molecule has 174 valence electrons. The van der Waals surface area contributed by atoms with Crippen LogP contribution in [-0.4, -0.2) is 46.2 Å². The fourth-order valence-corrected chi connectivity index (χ4v) is 4.31. The third-order valence-electron chi connectivity index (χ3n) is 5.21. The topological polar surface area (TPSA) is 90.3 Å². The Labute approximate surface area is 195 Å². The zero-order valence-corrected chi connectivity index (χ0v) is 19.1. The Morgan fingerprint density at radius 2 is 2.06 bits per heavy atom. The molecule has 0 bridgehead atoms. The Morgan fingerprint density at radius 1 is 1.24 bits per heavy atom. The van der Waals surface area contributed by atoms with Gasteiger partial charge < -0.3 is 24.7 Å². The average Bonchev–Trinajstić information content (AvgIpc) is 3.48. The Bertz CT molecular complexity index is 1070. The Hall–Kier alpha value is -3.11. The van der Waals surface area contributed by atoms with Crippen LogP contribution in [-0.2, 0) is 22.6 Å². The molecule has 1 saturated heterocycles. The molecule has 1 aromatic heterocycles. The molecule has 2 heterocycles. The Balaban J connectivity index is 1.42. The fourth-order valence-electron chi connectivity index (χ4n) is 3.55. The van der Waals surface area contributed by atoms with Gasteiger partial charge in [-0.3, -0.25) is 4.79 Å². The number of thioether (sulfide) groups is 1. The van der Waals surface area contributed by atoms with Gasteiger partial charge in [-0.2, -0.15) is 0 Å². The predicted octanol–water partition coefficient (Wildman–Crippen LogP) is 3.95. The fraction of sp³-hybridized carbons (Fsp3) is 0.348. The van der Waals surface area contributed by atoms with Gasteiger partial charge in [-0.1, -0.05) is 23.9 Å². The van der Waals surface area contributed by atoms with Crippen molar-refractivity contribution < 1.29 is 18.7 Å². The summed E-state index contributed by atoms with van der Waals surface area (Å²) in [6, 6.07) is 13.4. The zero-order valence-electron chi connectivity index (χ0n) is 18.3. The van der Waals surface area contributed by atoms with E-state index in [9.17, 15) is 9.18 Å². The van der Waals surface area contributed by atoms with Crippen LogP contribution in [0, 0.1) is 5.82 Å². The number of benzene rings is 2. The van der Waals surface area contributed by atoms with E-state index >= 15 is 0 Å². The number of ether oxygens (including phenoxy) is 2. The molecule has 1 fully saturated rings. The summed E-state index contributed by atoms with van der Waals surface area (Å²) in [4.78, 5) is 12.5. The first kappa shape index (κ1) is 23.1. The van der Waals surface area contributed by atoms with Crippen molar-refractivity contribution in [3.05, 3.63) is 60.2 Å². The number of nitrogens with zero attached hydrogens (tertiary/aromatic N) is 3. The highest BCUT2D eigenvalue weighted by molar-refractivity contribution is 7.99. The van der Waals surface area contributed by atoms with Crippen molar-refractivity contribution >= 4 is 29.0 Å². The van der Waals surface area contributed by atoms with Crippen LogP contribution in [0.5, 0.6) is 5.75 Å². The normalized spacial score (nSPS) is 15.4. The van der Waals surface area contributed by atoms with E-state index in [1.54, 1.807) is 31.4 Å². The predicted molar refractivity (Wildman–Crippen MR) is 125 cm³/mol. The number of nitrogens with one attached hydrogen (secondary N) is 2. The molecule has 10 heteroatoms. The van der Waals surface area contributed by atoms with Crippen LogP contribution in [0.2, 0.25) is 0 Å². The van der Waals surface area contributed by atoms with Crippen molar-refractivity contribution in [2.45, 2.75) is 37.2 Å². The molecule has 0 radical (unpaired) electrons. The SMILES string of the molecule is COc1ccccc1NC(=O)CSc1nnc(CNc2ccc(F)cc2)n1CC1CCCO1. The van der Waals surface area contributed by atoms with Gasteiger partial charge in [-0.25, -0.2) is 4.39 Å². The summed E-state index contributed by atoms with van der Waals surface area (Å²) in [5.74, 6) is 1.05. The van der Waals surface area contributed by atoms with E-state index in [2.05, 4.69) is 20.8 Å². The highest BCUT2D eigenvalue weighted by Crippen LogP contribution is 2.25. The van der Waals surface area contributed by atoms with E-state index in [-0.39, 0.29) is 23.6 Å². The van der Waals surface area contributed by atoms with E-state index in [0.29, 0.717) is 29.7 Å². The van der Waals surface area contributed by atoms with Crippen LogP contribution < -0.4 is 15.4 Å². The van der Waals surface area contributed by atoms with Crippen molar-refractivity contribution in [1.29, 1.82) is 0 Å². The minimum Gasteiger partial charge on any atom is -0.495 e. The second-order valence-electron chi connectivity index (χ2n) is 7.54. The van der Waals surface area contributed by atoms with Gasteiger partial charge in [0.2, 0.25) is 5.91 Å². The lowest BCUT2D eigenvalue weighted by Crippen LogP contribution is -2.20. The van der Waals surface area contributed by atoms with Crippen LogP contribution in [0.1, 0.15) is 18.7 Å². The maximum atomic E-state index is 13.2. The molecular weight excluding hydrogens is 445 g/mol. The summed E-state index contributed by atoms with van der Waals surface area (Å²) in [5.41, 5.74) is 1.41. The van der Waals surface area contributed by atoms with Crippen molar-refractivity contribution in [2.75, 3.05) is 30.1 Å². The molecule has 1 unspecified atom stereocenters. The summed E-state index contributed by atoms with van der Waals surface area (Å²) < 4.78 is 26.2. The maximum Gasteiger partial charge on any atom is 0.234 e. The quantitative estimate of drug-likeness (QED) is 0.433. The number of amides is 1. The molecule has 33 heavy (non-hydrogen) atoms. The van der Waals surface area contributed by atoms with E-state index in [1.807, 2.05) is 16.7 Å². The molecule has 0 saturated carbocycles. The van der Waals surface area contributed by atoms with E-state index in [0.717, 1.165) is 31.0 Å². The Kier molecular flexibility index (Phi) is 7.79. The standard InChI is InChI=1S/C23H26FN5O3S/c1-31-20-7-3-2-6-19(20)26-22(30)15-33-23-28-27-21(29(23)14-18-5-4-12-32-18)13-25-17-10-8-16(24)9-11-17/h2-3,6-11,18,25H,4-5,12-15H2,1H3,(H,26,30). The first-order chi connectivity index (χ1) is 16.1. The molecule has 1 atom stereocenters. The molecule has 2 aromatic carbocycles. The summed E-state index contributed by atoms with van der Waals surface area (Å²) in [5, 5.41) is 15.4. The zero-order chi connectivity index (χ0) is 23.0. The summed E-state index contributed by atoms with van der Waals surface area (Å²) >= 11 is 1.32. The molecule has 1 aliphatic rings. The number of anilines is 2. The van der Waals surface area contributed by atoms with Crippen LogP contribution >= 0.6 is 11.8 Å². The summed E-state index contributed by atoms with van der Waals surface area (Å²) in [6.45, 7) is 1.78.